The van der Waals surface area contributed by atoms with Crippen molar-refractivity contribution in [3.8, 4) is 0 Å². The summed E-state index contributed by atoms with van der Waals surface area (Å²) in [6, 6.07) is 6.30. The van der Waals surface area contributed by atoms with E-state index in [1.165, 1.54) is 5.56 Å². The summed E-state index contributed by atoms with van der Waals surface area (Å²) in [7, 11) is 1.94. The topological polar surface area (TPSA) is 43.8 Å². The molecule has 2 rings (SSSR count). The molecule has 3 heteroatoms. The van der Waals surface area contributed by atoms with E-state index in [4.69, 9.17) is 5.73 Å². The van der Waals surface area contributed by atoms with Crippen LogP contribution in [0, 0.1) is 0 Å². The summed E-state index contributed by atoms with van der Waals surface area (Å²) in [5, 5.41) is 0. The second kappa shape index (κ2) is 3.01. The van der Waals surface area contributed by atoms with Crippen molar-refractivity contribution >= 4 is 17.0 Å². The van der Waals surface area contributed by atoms with Gasteiger partial charge in [0.25, 0.3) is 0 Å². The summed E-state index contributed by atoms with van der Waals surface area (Å²) in [5.41, 5.74) is 9.12. The lowest BCUT2D eigenvalue weighted by molar-refractivity contribution is 0.866. The Balaban J connectivity index is 2.69. The Labute approximate surface area is 83.6 Å². The lowest BCUT2D eigenvalue weighted by atomic mass is 10.0. The average molecular weight is 189 g/mol. The van der Waals surface area contributed by atoms with Gasteiger partial charge < -0.3 is 10.3 Å². The molecule has 14 heavy (non-hydrogen) atoms. The zero-order valence-corrected chi connectivity index (χ0v) is 8.78. The Morgan fingerprint density at radius 1 is 1.36 bits per heavy atom. The van der Waals surface area contributed by atoms with Gasteiger partial charge in [-0.25, -0.2) is 4.98 Å². The zero-order valence-electron chi connectivity index (χ0n) is 8.78. The standard InChI is InChI=1S/C11H15N3/c1-7(2)8-4-5-9-10(6-8)14(3)11(12)13-9/h4-7H,1-3H3,(H2,12,13). The maximum absolute atomic E-state index is 5.73. The number of nitrogens with zero attached hydrogens (tertiary/aromatic N) is 2. The van der Waals surface area contributed by atoms with E-state index in [2.05, 4.69) is 31.0 Å². The molecule has 2 N–H and O–H groups in total. The lowest BCUT2D eigenvalue weighted by Gasteiger charge is -2.05. The third kappa shape index (κ3) is 1.25. The molecule has 1 heterocycles. The van der Waals surface area contributed by atoms with Crippen molar-refractivity contribution in [3.05, 3.63) is 23.8 Å². The van der Waals surface area contributed by atoms with Crippen molar-refractivity contribution < 1.29 is 0 Å². The van der Waals surface area contributed by atoms with Gasteiger partial charge in [0.15, 0.2) is 0 Å². The first-order chi connectivity index (χ1) is 6.59. The van der Waals surface area contributed by atoms with Crippen LogP contribution in [-0.2, 0) is 7.05 Å². The first-order valence-corrected chi connectivity index (χ1v) is 4.81. The van der Waals surface area contributed by atoms with Gasteiger partial charge in [-0.3, -0.25) is 0 Å². The Kier molecular flexibility index (Phi) is 1.95. The second-order valence-corrected chi connectivity index (χ2v) is 3.93. The molecule has 0 atom stereocenters. The molecule has 0 aliphatic rings. The van der Waals surface area contributed by atoms with Crippen LogP contribution < -0.4 is 5.73 Å². The van der Waals surface area contributed by atoms with Gasteiger partial charge in [0.2, 0.25) is 5.95 Å². The van der Waals surface area contributed by atoms with E-state index in [1.807, 2.05) is 17.7 Å². The monoisotopic (exact) mass is 189 g/mol. The molecule has 3 nitrogen and oxygen atoms in total. The van der Waals surface area contributed by atoms with Crippen LogP contribution in [0.25, 0.3) is 11.0 Å². The van der Waals surface area contributed by atoms with Crippen LogP contribution in [-0.4, -0.2) is 9.55 Å². The van der Waals surface area contributed by atoms with E-state index in [0.29, 0.717) is 11.9 Å². The van der Waals surface area contributed by atoms with Gasteiger partial charge in [-0.2, -0.15) is 0 Å². The van der Waals surface area contributed by atoms with Crippen LogP contribution in [0.15, 0.2) is 18.2 Å². The molecule has 0 unspecified atom stereocenters. The molecule has 0 aliphatic carbocycles. The predicted molar refractivity (Wildman–Crippen MR) is 59.2 cm³/mol. The number of aryl methyl sites for hydroxylation is 1. The van der Waals surface area contributed by atoms with E-state index in [1.54, 1.807) is 0 Å². The number of fused-ring (bicyclic) bond motifs is 1. The van der Waals surface area contributed by atoms with E-state index >= 15 is 0 Å². The molecule has 0 bridgehead atoms. The summed E-state index contributed by atoms with van der Waals surface area (Å²) < 4.78 is 1.92. The number of nitrogens with two attached hydrogens (primary N) is 1. The number of imidazole rings is 1. The number of anilines is 1. The summed E-state index contributed by atoms with van der Waals surface area (Å²) in [5.74, 6) is 1.11. The minimum absolute atomic E-state index is 0.538. The van der Waals surface area contributed by atoms with Crippen molar-refractivity contribution in [3.63, 3.8) is 0 Å². The Bertz CT molecular complexity index is 469. The fourth-order valence-corrected chi connectivity index (χ4v) is 1.58. The van der Waals surface area contributed by atoms with Crippen LogP contribution in [0.3, 0.4) is 0 Å². The number of rotatable bonds is 1. The third-order valence-electron chi connectivity index (χ3n) is 2.61. The maximum Gasteiger partial charge on any atom is 0.200 e. The summed E-state index contributed by atoms with van der Waals surface area (Å²) in [4.78, 5) is 4.25. The van der Waals surface area contributed by atoms with Gasteiger partial charge >= 0.3 is 0 Å². The van der Waals surface area contributed by atoms with Gasteiger partial charge in [0, 0.05) is 7.05 Å². The average Bonchev–Trinajstić information content (AvgIpc) is 2.43. The first-order valence-electron chi connectivity index (χ1n) is 4.81. The maximum atomic E-state index is 5.73. The van der Waals surface area contributed by atoms with E-state index in [9.17, 15) is 0 Å². The van der Waals surface area contributed by atoms with Crippen molar-refractivity contribution in [1.82, 2.24) is 9.55 Å². The summed E-state index contributed by atoms with van der Waals surface area (Å²) >= 11 is 0. The molecule has 0 saturated heterocycles. The normalized spacial score (nSPS) is 11.4. The molecule has 0 radical (unpaired) electrons. The van der Waals surface area contributed by atoms with Crippen molar-refractivity contribution in [1.29, 1.82) is 0 Å². The van der Waals surface area contributed by atoms with Crippen LogP contribution in [0.5, 0.6) is 0 Å². The number of nitrogen functional groups attached to an aromatic ring is 1. The van der Waals surface area contributed by atoms with Crippen molar-refractivity contribution in [2.75, 3.05) is 5.73 Å². The summed E-state index contributed by atoms with van der Waals surface area (Å²) in [6.07, 6.45) is 0. The van der Waals surface area contributed by atoms with Crippen molar-refractivity contribution in [2.24, 2.45) is 7.05 Å². The highest BCUT2D eigenvalue weighted by atomic mass is 15.1. The minimum atomic E-state index is 0.538. The molecule has 74 valence electrons. The SMILES string of the molecule is CC(C)c1ccc2nc(N)n(C)c2c1. The van der Waals surface area contributed by atoms with Crippen LogP contribution in [0.2, 0.25) is 0 Å². The Hall–Kier alpha value is -1.51. The molecule has 0 amide bonds. The van der Waals surface area contributed by atoms with E-state index in [-0.39, 0.29) is 0 Å². The van der Waals surface area contributed by atoms with Crippen LogP contribution in [0.1, 0.15) is 25.3 Å². The van der Waals surface area contributed by atoms with Gasteiger partial charge in [-0.1, -0.05) is 19.9 Å². The highest BCUT2D eigenvalue weighted by Gasteiger charge is 2.06. The highest BCUT2D eigenvalue weighted by Crippen LogP contribution is 2.22. The largest absolute Gasteiger partial charge is 0.369 e. The van der Waals surface area contributed by atoms with Gasteiger partial charge in [-0.05, 0) is 23.6 Å². The smallest absolute Gasteiger partial charge is 0.200 e. The first kappa shape index (κ1) is 9.06. The Morgan fingerprint density at radius 3 is 2.71 bits per heavy atom. The molecule has 2 aromatic rings. The molecule has 1 aromatic heterocycles. The molecule has 0 spiro atoms. The predicted octanol–water partition coefficient (Wildman–Crippen LogP) is 2.28. The fourth-order valence-electron chi connectivity index (χ4n) is 1.58. The molecule has 1 aromatic carbocycles. The van der Waals surface area contributed by atoms with Gasteiger partial charge in [-0.15, -0.1) is 0 Å². The Morgan fingerprint density at radius 2 is 2.07 bits per heavy atom. The van der Waals surface area contributed by atoms with Gasteiger partial charge in [0.05, 0.1) is 11.0 Å². The molecular weight excluding hydrogens is 174 g/mol. The zero-order chi connectivity index (χ0) is 10.3. The van der Waals surface area contributed by atoms with E-state index < -0.39 is 0 Å². The van der Waals surface area contributed by atoms with Gasteiger partial charge in [0.1, 0.15) is 0 Å². The highest BCUT2D eigenvalue weighted by molar-refractivity contribution is 5.79. The van der Waals surface area contributed by atoms with Crippen molar-refractivity contribution in [2.45, 2.75) is 19.8 Å². The quantitative estimate of drug-likeness (QED) is 0.748. The number of benzene rings is 1. The van der Waals surface area contributed by atoms with E-state index in [0.717, 1.165) is 11.0 Å². The molecular formula is C11H15N3. The molecule has 0 saturated carbocycles. The number of hydrogen-bond acceptors (Lipinski definition) is 2. The minimum Gasteiger partial charge on any atom is -0.369 e. The number of hydrogen-bond donors (Lipinski definition) is 1. The number of aromatic nitrogens is 2. The fraction of sp³-hybridized carbons (Fsp3) is 0.364. The second-order valence-electron chi connectivity index (χ2n) is 3.93. The molecule has 0 fully saturated rings. The van der Waals surface area contributed by atoms with Crippen LogP contribution in [0.4, 0.5) is 5.95 Å². The molecule has 0 aliphatic heterocycles. The lowest BCUT2D eigenvalue weighted by Crippen LogP contribution is -1.96. The van der Waals surface area contributed by atoms with Crippen LogP contribution >= 0.6 is 0 Å². The summed E-state index contributed by atoms with van der Waals surface area (Å²) in [6.45, 7) is 4.36. The third-order valence-corrected chi connectivity index (χ3v) is 2.61.